The van der Waals surface area contributed by atoms with Crippen LogP contribution in [-0.4, -0.2) is 67.9 Å². The van der Waals surface area contributed by atoms with Gasteiger partial charge in [-0.1, -0.05) is 47.7 Å². The van der Waals surface area contributed by atoms with Crippen molar-refractivity contribution in [1.29, 1.82) is 0 Å². The largest absolute Gasteiger partial charge is 0.497 e. The van der Waals surface area contributed by atoms with E-state index in [0.717, 1.165) is 0 Å². The molecule has 0 unspecified atom stereocenters. The summed E-state index contributed by atoms with van der Waals surface area (Å²) in [4.78, 5) is 47.6. The fourth-order valence-electron chi connectivity index (χ4n) is 5.66. The molecule has 3 aromatic carbocycles. The number of anilines is 1. The van der Waals surface area contributed by atoms with E-state index in [0.29, 0.717) is 87.6 Å². The molecule has 248 valence electrons. The highest BCUT2D eigenvalue weighted by Crippen LogP contribution is 2.33. The first-order valence-electron chi connectivity index (χ1n) is 15.6. The Kier molecular flexibility index (Phi) is 10.0. The number of methoxy groups -OCH3 is 1. The zero-order valence-corrected chi connectivity index (χ0v) is 27.7. The number of nitrogens with one attached hydrogen (secondary N) is 1. The molecule has 3 heterocycles. The number of ether oxygens (including phenoxy) is 4. The fraction of sp³-hybridized carbons (Fsp3) is 0.278. The van der Waals surface area contributed by atoms with E-state index < -0.39 is 6.04 Å². The number of para-hydroxylation sites is 1. The summed E-state index contributed by atoms with van der Waals surface area (Å²) in [6.45, 7) is 5.99. The van der Waals surface area contributed by atoms with Crippen LogP contribution < -0.4 is 34.4 Å². The summed E-state index contributed by atoms with van der Waals surface area (Å²) in [5.41, 5.74) is 2.62. The van der Waals surface area contributed by atoms with Gasteiger partial charge in [-0.2, -0.15) is 0 Å². The third-order valence-electron chi connectivity index (χ3n) is 7.99. The van der Waals surface area contributed by atoms with Crippen LogP contribution in [0.5, 0.6) is 17.2 Å². The molecule has 0 radical (unpaired) electrons. The van der Waals surface area contributed by atoms with Crippen LogP contribution in [0.25, 0.3) is 6.08 Å². The second-order valence-electron chi connectivity index (χ2n) is 11.1. The molecule has 2 aliphatic heterocycles. The average molecular weight is 669 g/mol. The average Bonchev–Trinajstić information content (AvgIpc) is 3.41. The van der Waals surface area contributed by atoms with Crippen LogP contribution in [0.4, 0.5) is 5.69 Å². The van der Waals surface area contributed by atoms with Crippen molar-refractivity contribution in [1.82, 2.24) is 9.47 Å². The molecule has 1 saturated heterocycles. The van der Waals surface area contributed by atoms with Gasteiger partial charge in [0.15, 0.2) is 22.9 Å². The topological polar surface area (TPSA) is 121 Å². The lowest BCUT2D eigenvalue weighted by molar-refractivity contribution is -0.137. The van der Waals surface area contributed by atoms with Crippen molar-refractivity contribution in [3.05, 3.63) is 115 Å². The normalized spacial score (nSPS) is 16.2. The van der Waals surface area contributed by atoms with Gasteiger partial charge in [0, 0.05) is 18.8 Å². The number of hydrogen-bond donors (Lipinski definition) is 1. The highest BCUT2D eigenvalue weighted by Gasteiger charge is 2.33. The van der Waals surface area contributed by atoms with Crippen molar-refractivity contribution >= 4 is 34.9 Å². The minimum atomic E-state index is -0.749. The van der Waals surface area contributed by atoms with Crippen LogP contribution in [0.3, 0.4) is 0 Å². The summed E-state index contributed by atoms with van der Waals surface area (Å²) >= 11 is 1.24. The number of carbonyl (C=O) groups excluding carboxylic acids is 2. The van der Waals surface area contributed by atoms with Crippen LogP contribution >= 0.6 is 11.3 Å². The van der Waals surface area contributed by atoms with Crippen LogP contribution in [0.2, 0.25) is 0 Å². The second-order valence-corrected chi connectivity index (χ2v) is 12.1. The molecule has 12 heteroatoms. The van der Waals surface area contributed by atoms with E-state index in [2.05, 4.69) is 5.32 Å². The van der Waals surface area contributed by atoms with E-state index >= 15 is 0 Å². The van der Waals surface area contributed by atoms with Crippen molar-refractivity contribution in [3.8, 4) is 17.2 Å². The highest BCUT2D eigenvalue weighted by atomic mass is 32.1. The molecular formula is C36H36N4O7S. The molecular weight excluding hydrogens is 632 g/mol. The number of morpholine rings is 1. The third-order valence-corrected chi connectivity index (χ3v) is 8.97. The smallest absolute Gasteiger partial charge is 0.271 e. The van der Waals surface area contributed by atoms with E-state index in [1.807, 2.05) is 49.4 Å². The molecule has 6 rings (SSSR count). The summed E-state index contributed by atoms with van der Waals surface area (Å²) in [6.07, 6.45) is 1.76. The lowest BCUT2D eigenvalue weighted by Gasteiger charge is -2.26. The Morgan fingerprint density at radius 2 is 1.81 bits per heavy atom. The highest BCUT2D eigenvalue weighted by molar-refractivity contribution is 7.07. The summed E-state index contributed by atoms with van der Waals surface area (Å²) in [5, 5.41) is 2.96. The lowest BCUT2D eigenvalue weighted by atomic mass is 9.95. The quantitative estimate of drug-likeness (QED) is 0.275. The molecule has 11 nitrogen and oxygen atoms in total. The molecule has 1 atom stereocenters. The van der Waals surface area contributed by atoms with E-state index in [-0.39, 0.29) is 24.0 Å². The number of allylic oxidation sites excluding steroid dienone is 1. The number of amides is 2. The van der Waals surface area contributed by atoms with Gasteiger partial charge in [0.1, 0.15) is 5.75 Å². The lowest BCUT2D eigenvalue weighted by Crippen LogP contribution is -2.43. The standard InChI is InChI=1S/C36H36N4O7S/c1-4-46-29-19-24(13-14-28(29)47-22-31(41)39-15-17-45-18-16-39)20-30-35(43)40-33(25-9-8-12-27(21-25)44-3)32(23(2)37-36(40)48-30)34(42)38-26-10-6-5-7-11-26/h5-14,19-21,33H,4,15-18,22H2,1-3H3,(H,38,42)/b30-20+/t33-/m1/s1. The maximum absolute atomic E-state index is 14.2. The van der Waals surface area contributed by atoms with Gasteiger partial charge in [0.2, 0.25) is 0 Å². The Labute approximate surface area is 281 Å². The van der Waals surface area contributed by atoms with Crippen molar-refractivity contribution in [2.75, 3.05) is 51.9 Å². The van der Waals surface area contributed by atoms with E-state index in [1.54, 1.807) is 59.9 Å². The molecule has 1 aromatic heterocycles. The van der Waals surface area contributed by atoms with Gasteiger partial charge < -0.3 is 29.2 Å². The molecule has 2 aliphatic rings. The number of aromatic nitrogens is 1. The summed E-state index contributed by atoms with van der Waals surface area (Å²) < 4.78 is 24.5. The number of carbonyl (C=O) groups is 2. The zero-order chi connectivity index (χ0) is 33.6. The Hall–Kier alpha value is -5.20. The van der Waals surface area contributed by atoms with Gasteiger partial charge in [0.05, 0.1) is 48.8 Å². The first-order valence-corrected chi connectivity index (χ1v) is 16.5. The monoisotopic (exact) mass is 668 g/mol. The SMILES string of the molecule is CCOc1cc(/C=c2/sc3n(c2=O)[C@H](c2cccc(OC)c2)C(C(=O)Nc2ccccc2)=C(C)N=3)ccc1OCC(=O)N1CCOCC1. The molecule has 2 amide bonds. The van der Waals surface area contributed by atoms with Crippen molar-refractivity contribution in [3.63, 3.8) is 0 Å². The van der Waals surface area contributed by atoms with Crippen molar-refractivity contribution in [2.24, 2.45) is 4.99 Å². The van der Waals surface area contributed by atoms with Crippen molar-refractivity contribution in [2.45, 2.75) is 19.9 Å². The predicted octanol–water partition coefficient (Wildman–Crippen LogP) is 3.52. The summed E-state index contributed by atoms with van der Waals surface area (Å²) in [5.74, 6) is 1.01. The number of fused-ring (bicyclic) bond motifs is 1. The molecule has 0 aliphatic carbocycles. The van der Waals surface area contributed by atoms with Gasteiger partial charge in [-0.15, -0.1) is 0 Å². The first kappa shape index (κ1) is 32.7. The minimum Gasteiger partial charge on any atom is -0.497 e. The Morgan fingerprint density at radius 1 is 1.02 bits per heavy atom. The number of nitrogens with zero attached hydrogens (tertiary/aromatic N) is 3. The first-order chi connectivity index (χ1) is 23.4. The van der Waals surface area contributed by atoms with Crippen LogP contribution in [-0.2, 0) is 14.3 Å². The molecule has 1 fully saturated rings. The predicted molar refractivity (Wildman–Crippen MR) is 182 cm³/mol. The molecule has 1 N–H and O–H groups in total. The summed E-state index contributed by atoms with van der Waals surface area (Å²) in [6, 6.07) is 21.1. The Balaban J connectivity index is 1.36. The Bertz CT molecular complexity index is 2030. The molecule has 48 heavy (non-hydrogen) atoms. The van der Waals surface area contributed by atoms with Gasteiger partial charge in [-0.3, -0.25) is 19.0 Å². The Morgan fingerprint density at radius 3 is 2.56 bits per heavy atom. The minimum absolute atomic E-state index is 0.122. The molecule has 0 bridgehead atoms. The molecule has 0 saturated carbocycles. The number of rotatable bonds is 10. The van der Waals surface area contributed by atoms with Crippen LogP contribution in [0.15, 0.2) is 93.9 Å². The molecule has 0 spiro atoms. The van der Waals surface area contributed by atoms with Gasteiger partial charge in [0.25, 0.3) is 17.4 Å². The van der Waals surface area contributed by atoms with Gasteiger partial charge in [-0.25, -0.2) is 4.99 Å². The number of benzene rings is 3. The summed E-state index contributed by atoms with van der Waals surface area (Å²) in [7, 11) is 1.57. The van der Waals surface area contributed by atoms with Gasteiger partial charge >= 0.3 is 0 Å². The van der Waals surface area contributed by atoms with E-state index in [4.69, 9.17) is 23.9 Å². The van der Waals surface area contributed by atoms with E-state index in [1.165, 1.54) is 11.3 Å². The van der Waals surface area contributed by atoms with Crippen LogP contribution in [0.1, 0.15) is 31.0 Å². The number of hydrogen-bond acceptors (Lipinski definition) is 9. The maximum atomic E-state index is 14.2. The fourth-order valence-corrected chi connectivity index (χ4v) is 6.70. The second kappa shape index (κ2) is 14.7. The van der Waals surface area contributed by atoms with E-state index in [9.17, 15) is 14.4 Å². The third kappa shape index (κ3) is 7.04. The van der Waals surface area contributed by atoms with Crippen molar-refractivity contribution < 1.29 is 28.5 Å². The zero-order valence-electron chi connectivity index (χ0n) is 26.9. The van der Waals surface area contributed by atoms with Crippen LogP contribution in [0, 0.1) is 0 Å². The maximum Gasteiger partial charge on any atom is 0.271 e. The van der Waals surface area contributed by atoms with Gasteiger partial charge in [-0.05, 0) is 67.4 Å². The number of thiazole rings is 1. The molecule has 4 aromatic rings.